The van der Waals surface area contributed by atoms with E-state index in [-0.39, 0.29) is 23.3 Å². The molecule has 0 unspecified atom stereocenters. The van der Waals surface area contributed by atoms with E-state index in [0.29, 0.717) is 23.5 Å². The molecule has 0 aliphatic carbocycles. The number of carbonyl (C=O) groups is 2. The van der Waals surface area contributed by atoms with Gasteiger partial charge in [0.1, 0.15) is 17.9 Å². The summed E-state index contributed by atoms with van der Waals surface area (Å²) >= 11 is 0. The molecule has 42 heavy (non-hydrogen) atoms. The standard InChI is InChI=1S/C31H37F3N4O4/c1-20(2)42-29(40)23-18-37(19-30(3,4)25-26(23)35-38-15-12-24(27(25)38)31(32,33)34)28(39)21-8-10-22(11-9-21)41-17-16-36-13-6-5-7-14-36/h8-12,15,18,20,35H,5-7,13-14,16-17,19H2,1-4H3. The van der Waals surface area contributed by atoms with Crippen molar-refractivity contribution in [1.29, 1.82) is 0 Å². The SMILES string of the molecule is CC(C)OC(=O)C1=CN(C(=O)c2ccc(OCCN3CCCCC3)cc2)CC(C)(C)c2c1[nH]n1ccc(C(F)(F)F)c21. The highest BCUT2D eigenvalue weighted by atomic mass is 19.4. The van der Waals surface area contributed by atoms with Crippen molar-refractivity contribution in [2.45, 2.75) is 64.7 Å². The highest BCUT2D eigenvalue weighted by molar-refractivity contribution is 6.17. The van der Waals surface area contributed by atoms with Crippen molar-refractivity contribution in [2.24, 2.45) is 0 Å². The minimum absolute atomic E-state index is 0.0212. The summed E-state index contributed by atoms with van der Waals surface area (Å²) in [6.45, 7) is 10.5. The molecule has 0 spiro atoms. The molecule has 1 amide bonds. The second kappa shape index (κ2) is 11.5. The molecule has 1 fully saturated rings. The molecule has 1 aromatic carbocycles. The predicted molar refractivity (Wildman–Crippen MR) is 152 cm³/mol. The number of esters is 1. The summed E-state index contributed by atoms with van der Waals surface area (Å²) in [5, 5.41) is 2.95. The number of piperidine rings is 1. The fourth-order valence-corrected chi connectivity index (χ4v) is 5.83. The van der Waals surface area contributed by atoms with Gasteiger partial charge in [0, 0.05) is 42.0 Å². The van der Waals surface area contributed by atoms with Crippen LogP contribution < -0.4 is 4.74 Å². The number of halogens is 3. The lowest BCUT2D eigenvalue weighted by molar-refractivity contribution is -0.140. The van der Waals surface area contributed by atoms with Crippen LogP contribution in [0.25, 0.3) is 11.1 Å². The first-order valence-electron chi connectivity index (χ1n) is 14.4. The summed E-state index contributed by atoms with van der Waals surface area (Å²) in [5.41, 5.74) is -1.05. The van der Waals surface area contributed by atoms with Gasteiger partial charge in [-0.1, -0.05) is 20.3 Å². The minimum Gasteiger partial charge on any atom is -0.492 e. The lowest BCUT2D eigenvalue weighted by Crippen LogP contribution is -2.37. The molecule has 3 aromatic rings. The van der Waals surface area contributed by atoms with Crippen LogP contribution >= 0.6 is 0 Å². The number of nitrogens with one attached hydrogen (secondary N) is 1. The molecule has 5 rings (SSSR count). The summed E-state index contributed by atoms with van der Waals surface area (Å²) in [5.74, 6) is -0.496. The van der Waals surface area contributed by atoms with E-state index < -0.39 is 35.1 Å². The Labute approximate surface area is 243 Å². The van der Waals surface area contributed by atoms with Gasteiger partial charge in [0.25, 0.3) is 5.91 Å². The van der Waals surface area contributed by atoms with Crippen LogP contribution in [0.4, 0.5) is 13.2 Å². The van der Waals surface area contributed by atoms with Gasteiger partial charge in [0.05, 0.1) is 22.9 Å². The van der Waals surface area contributed by atoms with E-state index in [1.807, 2.05) is 0 Å². The third-order valence-electron chi connectivity index (χ3n) is 7.76. The zero-order valence-corrected chi connectivity index (χ0v) is 24.4. The van der Waals surface area contributed by atoms with Crippen molar-refractivity contribution in [3.8, 4) is 5.75 Å². The molecule has 8 nitrogen and oxygen atoms in total. The summed E-state index contributed by atoms with van der Waals surface area (Å²) in [7, 11) is 0. The fraction of sp³-hybridized carbons (Fsp3) is 0.484. The highest BCUT2D eigenvalue weighted by Crippen LogP contribution is 2.43. The quantitative estimate of drug-likeness (QED) is 0.350. The van der Waals surface area contributed by atoms with Crippen molar-refractivity contribution in [3.63, 3.8) is 0 Å². The van der Waals surface area contributed by atoms with Crippen LogP contribution in [0.2, 0.25) is 0 Å². The highest BCUT2D eigenvalue weighted by Gasteiger charge is 2.42. The number of rotatable bonds is 7. The van der Waals surface area contributed by atoms with Gasteiger partial charge in [-0.05, 0) is 70.1 Å². The Morgan fingerprint density at radius 1 is 1.05 bits per heavy atom. The molecule has 226 valence electrons. The van der Waals surface area contributed by atoms with Crippen LogP contribution in [-0.4, -0.2) is 70.2 Å². The van der Waals surface area contributed by atoms with Gasteiger partial charge < -0.3 is 14.4 Å². The van der Waals surface area contributed by atoms with Crippen LogP contribution in [-0.2, 0) is 21.1 Å². The first-order chi connectivity index (χ1) is 19.8. The number of benzene rings is 1. The van der Waals surface area contributed by atoms with E-state index >= 15 is 0 Å². The molecule has 1 saturated heterocycles. The van der Waals surface area contributed by atoms with Crippen LogP contribution in [0, 0.1) is 0 Å². The molecule has 1 N–H and O–H groups in total. The number of likely N-dealkylation sites (tertiary alicyclic amines) is 1. The number of nitrogens with zero attached hydrogens (tertiary/aromatic N) is 3. The van der Waals surface area contributed by atoms with Gasteiger partial charge >= 0.3 is 12.1 Å². The molecule has 0 atom stereocenters. The molecule has 0 saturated carbocycles. The number of hydrogen-bond donors (Lipinski definition) is 1. The molecule has 2 aromatic heterocycles. The summed E-state index contributed by atoms with van der Waals surface area (Å²) in [6.07, 6.45) is 1.27. The van der Waals surface area contributed by atoms with Crippen LogP contribution in [0.1, 0.15) is 74.1 Å². The van der Waals surface area contributed by atoms with Crippen molar-refractivity contribution < 1.29 is 32.2 Å². The third kappa shape index (κ3) is 6.06. The van der Waals surface area contributed by atoms with Crippen LogP contribution in [0.15, 0.2) is 42.7 Å². The lowest BCUT2D eigenvalue weighted by atomic mass is 9.82. The summed E-state index contributed by atoms with van der Waals surface area (Å²) in [6, 6.07) is 7.77. The Morgan fingerprint density at radius 3 is 2.38 bits per heavy atom. The number of alkyl halides is 3. The van der Waals surface area contributed by atoms with Crippen LogP contribution in [0.5, 0.6) is 5.75 Å². The zero-order chi connectivity index (χ0) is 30.2. The van der Waals surface area contributed by atoms with Gasteiger partial charge in [0.15, 0.2) is 0 Å². The normalized spacial score (nSPS) is 17.6. The number of hydrogen-bond acceptors (Lipinski definition) is 5. The van der Waals surface area contributed by atoms with Gasteiger partial charge in [-0.15, -0.1) is 0 Å². The van der Waals surface area contributed by atoms with E-state index in [4.69, 9.17) is 9.47 Å². The van der Waals surface area contributed by atoms with Gasteiger partial charge in [-0.2, -0.15) is 13.2 Å². The second-order valence-electron chi connectivity index (χ2n) is 11.9. The number of H-pyrrole nitrogens is 1. The smallest absolute Gasteiger partial charge is 0.418 e. The first kappa shape index (κ1) is 29.8. The average Bonchev–Trinajstić information content (AvgIpc) is 3.47. The monoisotopic (exact) mass is 586 g/mol. The number of aromatic amines is 1. The lowest BCUT2D eigenvalue weighted by Gasteiger charge is -2.29. The fourth-order valence-electron chi connectivity index (χ4n) is 5.83. The molecular formula is C31H37F3N4O4. The Kier molecular flexibility index (Phi) is 8.15. The predicted octanol–water partition coefficient (Wildman–Crippen LogP) is 5.88. The largest absolute Gasteiger partial charge is 0.492 e. The number of ether oxygens (including phenoxy) is 2. The maximum absolute atomic E-state index is 14.0. The van der Waals surface area contributed by atoms with Gasteiger partial charge in [-0.3, -0.25) is 19.3 Å². The topological polar surface area (TPSA) is 79.3 Å². The molecule has 2 aliphatic heterocycles. The van der Waals surface area contributed by atoms with E-state index in [9.17, 15) is 22.8 Å². The Balaban J connectivity index is 1.44. The minimum atomic E-state index is -4.61. The van der Waals surface area contributed by atoms with E-state index in [1.165, 1.54) is 41.1 Å². The molecule has 11 heteroatoms. The molecule has 0 radical (unpaired) electrons. The summed E-state index contributed by atoms with van der Waals surface area (Å²) in [4.78, 5) is 30.8. The zero-order valence-electron chi connectivity index (χ0n) is 24.4. The van der Waals surface area contributed by atoms with Gasteiger partial charge in [0.2, 0.25) is 0 Å². The first-order valence-corrected chi connectivity index (χ1v) is 14.4. The Morgan fingerprint density at radius 2 is 1.74 bits per heavy atom. The number of carbonyl (C=O) groups excluding carboxylic acids is 2. The van der Waals surface area contributed by atoms with Crippen molar-refractivity contribution >= 4 is 23.0 Å². The number of aromatic nitrogens is 2. The third-order valence-corrected chi connectivity index (χ3v) is 7.76. The van der Waals surface area contributed by atoms with E-state index in [1.54, 1.807) is 52.0 Å². The van der Waals surface area contributed by atoms with Crippen molar-refractivity contribution in [3.05, 3.63) is 65.1 Å². The molecule has 2 aliphatic rings. The maximum Gasteiger partial charge on any atom is 0.418 e. The Bertz CT molecular complexity index is 1480. The Hall–Kier alpha value is -3.73. The number of amides is 1. The van der Waals surface area contributed by atoms with Crippen molar-refractivity contribution in [1.82, 2.24) is 19.4 Å². The van der Waals surface area contributed by atoms with E-state index in [0.717, 1.165) is 25.7 Å². The van der Waals surface area contributed by atoms with Crippen LogP contribution in [0.3, 0.4) is 0 Å². The number of fused-ring (bicyclic) bond motifs is 3. The average molecular weight is 587 g/mol. The molecule has 4 heterocycles. The molecule has 0 bridgehead atoms. The van der Waals surface area contributed by atoms with Crippen molar-refractivity contribution in [2.75, 3.05) is 32.8 Å². The second-order valence-corrected chi connectivity index (χ2v) is 11.9. The van der Waals surface area contributed by atoms with Gasteiger partial charge in [-0.25, -0.2) is 4.79 Å². The van der Waals surface area contributed by atoms with E-state index in [2.05, 4.69) is 10.00 Å². The molecular weight excluding hydrogens is 549 g/mol. The summed E-state index contributed by atoms with van der Waals surface area (Å²) < 4.78 is 54.6. The maximum atomic E-state index is 14.0.